The van der Waals surface area contributed by atoms with Crippen molar-refractivity contribution in [1.29, 1.82) is 0 Å². The zero-order chi connectivity index (χ0) is 19.6. The Balaban J connectivity index is 1.28. The SMILES string of the molecule is NCc1ccccc1C(O)CCCCCN1CCN(Cc2ccccc2)CC1. The lowest BCUT2D eigenvalue weighted by molar-refractivity contribution is 0.124. The molecule has 4 heteroatoms. The molecule has 2 aromatic rings. The number of nitrogens with two attached hydrogens (primary N) is 1. The molecule has 3 rings (SSSR count). The first kappa shape index (κ1) is 21.0. The van der Waals surface area contributed by atoms with Gasteiger partial charge in [-0.2, -0.15) is 0 Å². The Morgan fingerprint density at radius 1 is 0.821 bits per heavy atom. The Hall–Kier alpha value is -1.72. The summed E-state index contributed by atoms with van der Waals surface area (Å²) in [5.41, 5.74) is 9.25. The van der Waals surface area contributed by atoms with E-state index in [4.69, 9.17) is 5.73 Å². The highest BCUT2D eigenvalue weighted by Crippen LogP contribution is 2.23. The fourth-order valence-electron chi connectivity index (χ4n) is 4.06. The number of nitrogens with zero attached hydrogens (tertiary/aromatic N) is 2. The van der Waals surface area contributed by atoms with Crippen LogP contribution >= 0.6 is 0 Å². The molecule has 0 amide bonds. The summed E-state index contributed by atoms with van der Waals surface area (Å²) in [7, 11) is 0. The maximum absolute atomic E-state index is 10.5. The van der Waals surface area contributed by atoms with Gasteiger partial charge in [0.2, 0.25) is 0 Å². The van der Waals surface area contributed by atoms with Crippen LogP contribution in [0.2, 0.25) is 0 Å². The Bertz CT molecular complexity index is 683. The maximum atomic E-state index is 10.5. The van der Waals surface area contributed by atoms with Crippen LogP contribution in [0.3, 0.4) is 0 Å². The molecule has 1 fully saturated rings. The van der Waals surface area contributed by atoms with Gasteiger partial charge in [-0.15, -0.1) is 0 Å². The molecule has 1 saturated heterocycles. The molecule has 0 radical (unpaired) electrons. The fourth-order valence-corrected chi connectivity index (χ4v) is 4.06. The van der Waals surface area contributed by atoms with Crippen molar-refractivity contribution in [3.05, 3.63) is 71.3 Å². The van der Waals surface area contributed by atoms with Crippen LogP contribution in [-0.2, 0) is 13.1 Å². The third kappa shape index (κ3) is 6.42. The number of hydrogen-bond acceptors (Lipinski definition) is 4. The molecule has 1 aliphatic rings. The summed E-state index contributed by atoms with van der Waals surface area (Å²) in [6.07, 6.45) is 3.88. The zero-order valence-electron chi connectivity index (χ0n) is 17.0. The minimum atomic E-state index is -0.388. The van der Waals surface area contributed by atoms with E-state index in [1.54, 1.807) is 0 Å². The lowest BCUT2D eigenvalue weighted by Gasteiger charge is -2.34. The monoisotopic (exact) mass is 381 g/mol. The van der Waals surface area contributed by atoms with E-state index >= 15 is 0 Å². The second-order valence-corrected chi connectivity index (χ2v) is 7.87. The molecule has 4 nitrogen and oxygen atoms in total. The quantitative estimate of drug-likeness (QED) is 0.618. The smallest absolute Gasteiger partial charge is 0.0793 e. The normalized spacial score (nSPS) is 16.9. The number of unbranched alkanes of at least 4 members (excludes halogenated alkanes) is 2. The molecule has 0 bridgehead atoms. The second-order valence-electron chi connectivity index (χ2n) is 7.87. The van der Waals surface area contributed by atoms with E-state index in [1.807, 2.05) is 24.3 Å². The lowest BCUT2D eigenvalue weighted by atomic mass is 9.98. The predicted molar refractivity (Wildman–Crippen MR) is 116 cm³/mol. The highest BCUT2D eigenvalue weighted by Gasteiger charge is 2.16. The van der Waals surface area contributed by atoms with Crippen LogP contribution in [0.1, 0.15) is 48.5 Å². The van der Waals surface area contributed by atoms with Gasteiger partial charge in [-0.1, -0.05) is 67.4 Å². The van der Waals surface area contributed by atoms with Gasteiger partial charge in [0, 0.05) is 39.3 Å². The van der Waals surface area contributed by atoms with Crippen molar-refractivity contribution in [2.24, 2.45) is 5.73 Å². The van der Waals surface area contributed by atoms with Crippen molar-refractivity contribution >= 4 is 0 Å². The summed E-state index contributed by atoms with van der Waals surface area (Å²) in [5, 5.41) is 10.5. The number of hydrogen-bond donors (Lipinski definition) is 2. The van der Waals surface area contributed by atoms with Crippen LogP contribution in [0.15, 0.2) is 54.6 Å². The third-order valence-corrected chi connectivity index (χ3v) is 5.80. The van der Waals surface area contributed by atoms with Crippen LogP contribution in [0.25, 0.3) is 0 Å². The number of piperazine rings is 1. The van der Waals surface area contributed by atoms with E-state index in [-0.39, 0.29) is 6.10 Å². The highest BCUT2D eigenvalue weighted by atomic mass is 16.3. The van der Waals surface area contributed by atoms with Crippen molar-refractivity contribution < 1.29 is 5.11 Å². The number of aliphatic hydroxyl groups excluding tert-OH is 1. The van der Waals surface area contributed by atoms with Crippen LogP contribution in [-0.4, -0.2) is 47.6 Å². The minimum absolute atomic E-state index is 0.388. The Labute approximate surface area is 170 Å². The Morgan fingerprint density at radius 3 is 2.25 bits per heavy atom. The molecule has 2 aromatic carbocycles. The van der Waals surface area contributed by atoms with E-state index in [1.165, 1.54) is 38.0 Å². The van der Waals surface area contributed by atoms with Gasteiger partial charge in [0.15, 0.2) is 0 Å². The van der Waals surface area contributed by atoms with Gasteiger partial charge in [0.1, 0.15) is 0 Å². The summed E-state index contributed by atoms with van der Waals surface area (Å²) in [4.78, 5) is 5.14. The molecule has 1 atom stereocenters. The van der Waals surface area contributed by atoms with Gasteiger partial charge in [0.25, 0.3) is 0 Å². The summed E-state index contributed by atoms with van der Waals surface area (Å²) in [5.74, 6) is 0. The first-order valence-corrected chi connectivity index (χ1v) is 10.7. The summed E-state index contributed by atoms with van der Waals surface area (Å²) in [6, 6.07) is 18.7. The van der Waals surface area contributed by atoms with Gasteiger partial charge in [-0.25, -0.2) is 0 Å². The molecule has 3 N–H and O–H groups in total. The minimum Gasteiger partial charge on any atom is -0.388 e. The predicted octanol–water partition coefficient (Wildman–Crippen LogP) is 3.56. The van der Waals surface area contributed by atoms with E-state index in [0.29, 0.717) is 6.54 Å². The zero-order valence-corrected chi connectivity index (χ0v) is 17.0. The van der Waals surface area contributed by atoms with Crippen LogP contribution in [0.4, 0.5) is 0 Å². The van der Waals surface area contributed by atoms with Crippen LogP contribution in [0.5, 0.6) is 0 Å². The van der Waals surface area contributed by atoms with E-state index in [2.05, 4.69) is 40.1 Å². The lowest BCUT2D eigenvalue weighted by Crippen LogP contribution is -2.46. The molecular weight excluding hydrogens is 346 g/mol. The molecule has 0 aromatic heterocycles. The van der Waals surface area contributed by atoms with Gasteiger partial charge in [0.05, 0.1) is 6.10 Å². The van der Waals surface area contributed by atoms with Crippen molar-refractivity contribution in [2.45, 2.75) is 44.9 Å². The van der Waals surface area contributed by atoms with Crippen molar-refractivity contribution in [3.8, 4) is 0 Å². The standard InChI is InChI=1S/C24H35N3O/c25-19-22-11-6-7-12-23(22)24(28)13-5-2-8-14-26-15-17-27(18-16-26)20-21-9-3-1-4-10-21/h1,3-4,6-7,9-12,24,28H,2,5,8,13-20,25H2. The summed E-state index contributed by atoms with van der Waals surface area (Å²) < 4.78 is 0. The van der Waals surface area contributed by atoms with Gasteiger partial charge in [-0.3, -0.25) is 4.90 Å². The second kappa shape index (κ2) is 11.3. The fraction of sp³-hybridized carbons (Fsp3) is 0.500. The van der Waals surface area contributed by atoms with Gasteiger partial charge in [-0.05, 0) is 36.1 Å². The summed E-state index contributed by atoms with van der Waals surface area (Å²) >= 11 is 0. The topological polar surface area (TPSA) is 52.7 Å². The van der Waals surface area contributed by atoms with E-state index in [0.717, 1.165) is 43.6 Å². The molecule has 152 valence electrons. The third-order valence-electron chi connectivity index (χ3n) is 5.80. The average Bonchev–Trinajstić information content (AvgIpc) is 2.75. The average molecular weight is 382 g/mol. The van der Waals surface area contributed by atoms with Crippen LogP contribution in [0, 0.1) is 0 Å². The molecule has 28 heavy (non-hydrogen) atoms. The number of rotatable bonds is 10. The molecule has 0 spiro atoms. The van der Waals surface area contributed by atoms with Crippen LogP contribution < -0.4 is 5.73 Å². The molecule has 0 aliphatic carbocycles. The highest BCUT2D eigenvalue weighted by molar-refractivity contribution is 5.28. The Kier molecular flexibility index (Phi) is 8.49. The van der Waals surface area contributed by atoms with Crippen molar-refractivity contribution in [3.63, 3.8) is 0 Å². The number of benzene rings is 2. The first-order chi connectivity index (χ1) is 13.8. The molecule has 1 aliphatic heterocycles. The number of aliphatic hydroxyl groups is 1. The van der Waals surface area contributed by atoms with Crippen molar-refractivity contribution in [1.82, 2.24) is 9.80 Å². The molecule has 1 heterocycles. The van der Waals surface area contributed by atoms with E-state index in [9.17, 15) is 5.11 Å². The first-order valence-electron chi connectivity index (χ1n) is 10.7. The molecule has 0 saturated carbocycles. The largest absolute Gasteiger partial charge is 0.388 e. The maximum Gasteiger partial charge on any atom is 0.0793 e. The Morgan fingerprint density at radius 2 is 1.50 bits per heavy atom. The van der Waals surface area contributed by atoms with E-state index < -0.39 is 0 Å². The van der Waals surface area contributed by atoms with Crippen molar-refractivity contribution in [2.75, 3.05) is 32.7 Å². The summed E-state index contributed by atoms with van der Waals surface area (Å²) in [6.45, 7) is 7.38. The molecular formula is C24H35N3O. The van der Waals surface area contributed by atoms with Gasteiger partial charge >= 0.3 is 0 Å². The van der Waals surface area contributed by atoms with Gasteiger partial charge < -0.3 is 15.7 Å². The molecule has 1 unspecified atom stereocenters.